The van der Waals surface area contributed by atoms with Gasteiger partial charge in [0.2, 0.25) is 10.0 Å². The fourth-order valence-corrected chi connectivity index (χ4v) is 6.00. The highest BCUT2D eigenvalue weighted by atomic mass is 32.2. The molecule has 0 bridgehead atoms. The first-order valence-electron chi connectivity index (χ1n) is 9.47. The van der Waals surface area contributed by atoms with Crippen LogP contribution in [-0.4, -0.2) is 62.1 Å². The largest absolute Gasteiger partial charge is 0.486 e. The quantitative estimate of drug-likeness (QED) is 0.628. The standard InChI is InChI=1S/C19H20N4O4S2/c24-29(25,14-4-5-16-17(13-14)27-12-11-26-16)23-8-2-7-22(9-10-23)19-21-15-3-1-6-20-18(15)28-19/h1,3-6,13H,2,7-12H2. The second-order valence-electron chi connectivity index (χ2n) is 6.87. The average Bonchev–Trinajstić information content (AvgIpc) is 3.01. The number of benzene rings is 1. The number of hydrogen-bond donors (Lipinski definition) is 0. The Morgan fingerprint density at radius 1 is 1.00 bits per heavy atom. The van der Waals surface area contributed by atoms with Crippen LogP contribution in [0.15, 0.2) is 41.4 Å². The minimum Gasteiger partial charge on any atom is -0.486 e. The number of pyridine rings is 1. The number of anilines is 1. The third-order valence-corrected chi connectivity index (χ3v) is 7.97. The molecule has 10 heteroatoms. The SMILES string of the molecule is O=S(=O)(c1ccc2c(c1)OCCO2)N1CCCN(c2nc3cccnc3s2)CC1. The molecule has 2 aliphatic rings. The molecule has 0 radical (unpaired) electrons. The number of ether oxygens (including phenoxy) is 2. The van der Waals surface area contributed by atoms with Crippen LogP contribution >= 0.6 is 11.3 Å². The van der Waals surface area contributed by atoms with Gasteiger partial charge in [0.15, 0.2) is 16.6 Å². The van der Waals surface area contributed by atoms with Gasteiger partial charge in [-0.1, -0.05) is 11.3 Å². The number of rotatable bonds is 3. The monoisotopic (exact) mass is 432 g/mol. The van der Waals surface area contributed by atoms with Crippen LogP contribution in [0.3, 0.4) is 0 Å². The first-order valence-corrected chi connectivity index (χ1v) is 11.7. The summed E-state index contributed by atoms with van der Waals surface area (Å²) in [7, 11) is -3.61. The molecule has 0 atom stereocenters. The summed E-state index contributed by atoms with van der Waals surface area (Å²) in [5.41, 5.74) is 0.873. The fraction of sp³-hybridized carbons (Fsp3) is 0.368. The van der Waals surface area contributed by atoms with Gasteiger partial charge in [-0.15, -0.1) is 0 Å². The van der Waals surface area contributed by atoms with Gasteiger partial charge in [-0.3, -0.25) is 0 Å². The first-order chi connectivity index (χ1) is 14.1. The molecule has 0 saturated carbocycles. The van der Waals surface area contributed by atoms with Crippen LogP contribution in [0.2, 0.25) is 0 Å². The van der Waals surface area contributed by atoms with Crippen LogP contribution in [0.5, 0.6) is 11.5 Å². The van der Waals surface area contributed by atoms with E-state index >= 15 is 0 Å². The van der Waals surface area contributed by atoms with Crippen LogP contribution in [-0.2, 0) is 10.0 Å². The van der Waals surface area contributed by atoms with E-state index in [1.807, 2.05) is 12.1 Å². The Morgan fingerprint density at radius 3 is 2.72 bits per heavy atom. The minimum atomic E-state index is -3.61. The van der Waals surface area contributed by atoms with E-state index < -0.39 is 10.0 Å². The van der Waals surface area contributed by atoms with E-state index in [4.69, 9.17) is 9.47 Å². The predicted octanol–water partition coefficient (Wildman–Crippen LogP) is 2.36. The Labute approximate surface area is 172 Å². The normalized spacial score (nSPS) is 18.0. The highest BCUT2D eigenvalue weighted by molar-refractivity contribution is 7.89. The van der Waals surface area contributed by atoms with Gasteiger partial charge in [0.05, 0.1) is 4.90 Å². The van der Waals surface area contributed by atoms with Gasteiger partial charge in [-0.25, -0.2) is 18.4 Å². The number of hydrogen-bond acceptors (Lipinski definition) is 8. The van der Waals surface area contributed by atoms with E-state index in [0.29, 0.717) is 44.3 Å². The lowest BCUT2D eigenvalue weighted by Gasteiger charge is -2.23. The second kappa shape index (κ2) is 7.43. The van der Waals surface area contributed by atoms with Gasteiger partial charge in [-0.2, -0.15) is 4.31 Å². The zero-order valence-electron chi connectivity index (χ0n) is 15.7. The smallest absolute Gasteiger partial charge is 0.243 e. The van der Waals surface area contributed by atoms with Crippen LogP contribution in [0.4, 0.5) is 5.13 Å². The third-order valence-electron chi connectivity index (χ3n) is 5.03. The predicted molar refractivity (Wildman–Crippen MR) is 110 cm³/mol. The van der Waals surface area contributed by atoms with Gasteiger partial charge in [0, 0.05) is 38.4 Å². The summed E-state index contributed by atoms with van der Waals surface area (Å²) in [5.74, 6) is 1.07. The molecule has 1 fully saturated rings. The van der Waals surface area contributed by atoms with Crippen molar-refractivity contribution in [3.05, 3.63) is 36.5 Å². The van der Waals surface area contributed by atoms with Crippen LogP contribution in [0.1, 0.15) is 6.42 Å². The van der Waals surface area contributed by atoms with Gasteiger partial charge < -0.3 is 14.4 Å². The zero-order valence-corrected chi connectivity index (χ0v) is 17.3. The summed E-state index contributed by atoms with van der Waals surface area (Å²) < 4.78 is 39.0. The molecule has 29 heavy (non-hydrogen) atoms. The Morgan fingerprint density at radius 2 is 1.86 bits per heavy atom. The summed E-state index contributed by atoms with van der Waals surface area (Å²) in [4.78, 5) is 12.3. The van der Waals surface area contributed by atoms with E-state index in [1.165, 1.54) is 11.3 Å². The molecular weight excluding hydrogens is 412 g/mol. The lowest BCUT2D eigenvalue weighted by atomic mass is 10.3. The second-order valence-corrected chi connectivity index (χ2v) is 9.77. The molecule has 4 heterocycles. The topological polar surface area (TPSA) is 84.9 Å². The highest BCUT2D eigenvalue weighted by Crippen LogP contribution is 2.34. The number of nitrogens with zero attached hydrogens (tertiary/aromatic N) is 4. The van der Waals surface area contributed by atoms with Gasteiger partial charge in [0.1, 0.15) is 23.6 Å². The number of aromatic nitrogens is 2. The molecule has 2 aromatic heterocycles. The molecule has 3 aromatic rings. The van der Waals surface area contributed by atoms with Crippen molar-refractivity contribution in [3.8, 4) is 11.5 Å². The number of thiazole rings is 1. The molecule has 0 amide bonds. The molecule has 8 nitrogen and oxygen atoms in total. The third kappa shape index (κ3) is 3.52. The van der Waals surface area contributed by atoms with Gasteiger partial charge >= 0.3 is 0 Å². The number of fused-ring (bicyclic) bond motifs is 2. The van der Waals surface area contributed by atoms with Crippen LogP contribution in [0, 0.1) is 0 Å². The molecule has 0 unspecified atom stereocenters. The zero-order chi connectivity index (χ0) is 19.8. The summed E-state index contributed by atoms with van der Waals surface area (Å²) in [6, 6.07) is 8.63. The lowest BCUT2D eigenvalue weighted by Crippen LogP contribution is -2.35. The lowest BCUT2D eigenvalue weighted by molar-refractivity contribution is 0.171. The molecule has 2 aliphatic heterocycles. The van der Waals surface area contributed by atoms with E-state index in [1.54, 1.807) is 28.7 Å². The molecule has 0 aliphatic carbocycles. The van der Waals surface area contributed by atoms with Gasteiger partial charge in [0.25, 0.3) is 0 Å². The molecule has 1 aromatic carbocycles. The summed E-state index contributed by atoms with van der Waals surface area (Å²) in [6.07, 6.45) is 2.49. The molecule has 1 saturated heterocycles. The summed E-state index contributed by atoms with van der Waals surface area (Å²) >= 11 is 1.54. The van der Waals surface area contributed by atoms with Crippen molar-refractivity contribution in [3.63, 3.8) is 0 Å². The van der Waals surface area contributed by atoms with E-state index in [9.17, 15) is 8.42 Å². The molecule has 0 N–H and O–H groups in total. The molecule has 5 rings (SSSR count). The van der Waals surface area contributed by atoms with Crippen LogP contribution < -0.4 is 14.4 Å². The Balaban J connectivity index is 1.35. The minimum absolute atomic E-state index is 0.236. The van der Waals surface area contributed by atoms with Crippen molar-refractivity contribution in [2.75, 3.05) is 44.3 Å². The summed E-state index contributed by atoms with van der Waals surface area (Å²) in [5, 5.41) is 0.886. The Kier molecular flexibility index (Phi) is 4.76. The molecule has 0 spiro atoms. The van der Waals surface area contributed by atoms with Crippen molar-refractivity contribution in [2.24, 2.45) is 0 Å². The van der Waals surface area contributed by atoms with E-state index in [-0.39, 0.29) is 4.90 Å². The van der Waals surface area contributed by atoms with E-state index in [0.717, 1.165) is 28.4 Å². The summed E-state index contributed by atoms with van der Waals surface area (Å²) in [6.45, 7) is 3.11. The van der Waals surface area contributed by atoms with Crippen LogP contribution in [0.25, 0.3) is 10.3 Å². The maximum Gasteiger partial charge on any atom is 0.243 e. The average molecular weight is 433 g/mol. The van der Waals surface area contributed by atoms with Crippen molar-refractivity contribution >= 4 is 36.8 Å². The van der Waals surface area contributed by atoms with Crippen molar-refractivity contribution in [1.82, 2.24) is 14.3 Å². The van der Waals surface area contributed by atoms with Crippen molar-refractivity contribution in [1.29, 1.82) is 0 Å². The Hall–Kier alpha value is -2.43. The van der Waals surface area contributed by atoms with Crippen molar-refractivity contribution in [2.45, 2.75) is 11.3 Å². The highest BCUT2D eigenvalue weighted by Gasteiger charge is 2.29. The fourth-order valence-electron chi connectivity index (χ4n) is 3.55. The number of sulfonamides is 1. The van der Waals surface area contributed by atoms with Crippen molar-refractivity contribution < 1.29 is 17.9 Å². The first kappa shape index (κ1) is 18.6. The molecular formula is C19H20N4O4S2. The molecule has 152 valence electrons. The maximum atomic E-state index is 13.2. The van der Waals surface area contributed by atoms with Gasteiger partial charge in [-0.05, 0) is 30.7 Å². The maximum absolute atomic E-state index is 13.2. The Bertz CT molecular complexity index is 1120. The van der Waals surface area contributed by atoms with E-state index in [2.05, 4.69) is 14.9 Å².